The summed E-state index contributed by atoms with van der Waals surface area (Å²) in [6.07, 6.45) is 1.36. The molecular formula is C20H14FN3O7. The van der Waals surface area contributed by atoms with Crippen molar-refractivity contribution in [1.29, 1.82) is 0 Å². The fourth-order valence-electron chi connectivity index (χ4n) is 2.41. The Balaban J connectivity index is 1.53. The highest BCUT2D eigenvalue weighted by atomic mass is 19.1. The van der Waals surface area contributed by atoms with Gasteiger partial charge >= 0.3 is 5.97 Å². The van der Waals surface area contributed by atoms with Gasteiger partial charge < -0.3 is 19.8 Å². The second-order valence-electron chi connectivity index (χ2n) is 6.05. The molecular weight excluding hydrogens is 413 g/mol. The summed E-state index contributed by atoms with van der Waals surface area (Å²) in [4.78, 5) is 45.8. The summed E-state index contributed by atoms with van der Waals surface area (Å²) in [5.74, 6) is -2.94. The topological polar surface area (TPSA) is 141 Å². The molecule has 0 bridgehead atoms. The van der Waals surface area contributed by atoms with E-state index in [0.717, 1.165) is 18.2 Å². The first kappa shape index (κ1) is 21.2. The van der Waals surface area contributed by atoms with Gasteiger partial charge in [-0.1, -0.05) is 0 Å². The largest absolute Gasteiger partial charge is 0.459 e. The van der Waals surface area contributed by atoms with E-state index in [1.807, 2.05) is 0 Å². The predicted octanol–water partition coefficient (Wildman–Crippen LogP) is 3.37. The summed E-state index contributed by atoms with van der Waals surface area (Å²) in [5.41, 5.74) is -0.318. The zero-order valence-corrected chi connectivity index (χ0v) is 15.7. The lowest BCUT2D eigenvalue weighted by atomic mass is 10.2. The van der Waals surface area contributed by atoms with Crippen LogP contribution in [0, 0.1) is 15.9 Å². The maximum Gasteiger partial charge on any atom is 0.338 e. The summed E-state index contributed by atoms with van der Waals surface area (Å²) >= 11 is 0. The van der Waals surface area contributed by atoms with Crippen LogP contribution in [0.3, 0.4) is 0 Å². The SMILES string of the molecule is O=C(COC(=O)c1ccc(NC(=O)c2ccco2)cc1)Nc1cc([N+](=O)[O-])ccc1F. The number of amides is 2. The van der Waals surface area contributed by atoms with Crippen LogP contribution in [0.25, 0.3) is 0 Å². The van der Waals surface area contributed by atoms with Crippen molar-refractivity contribution in [1.82, 2.24) is 0 Å². The Labute approximate surface area is 173 Å². The first-order chi connectivity index (χ1) is 14.8. The van der Waals surface area contributed by atoms with Crippen molar-refractivity contribution in [3.63, 3.8) is 0 Å². The maximum atomic E-state index is 13.7. The number of carbonyl (C=O) groups excluding carboxylic acids is 3. The van der Waals surface area contributed by atoms with Gasteiger partial charge in [-0.05, 0) is 42.5 Å². The monoisotopic (exact) mass is 427 g/mol. The molecule has 31 heavy (non-hydrogen) atoms. The number of nitrogens with one attached hydrogen (secondary N) is 2. The van der Waals surface area contributed by atoms with Gasteiger partial charge in [0.05, 0.1) is 22.4 Å². The molecule has 0 radical (unpaired) electrons. The Bertz CT molecular complexity index is 1130. The fourth-order valence-corrected chi connectivity index (χ4v) is 2.41. The second kappa shape index (κ2) is 9.31. The van der Waals surface area contributed by atoms with Crippen LogP contribution in [0.1, 0.15) is 20.9 Å². The fraction of sp³-hybridized carbons (Fsp3) is 0.0500. The number of furan rings is 1. The molecule has 158 valence electrons. The summed E-state index contributed by atoms with van der Waals surface area (Å²) in [5, 5.41) is 15.4. The number of nitrogens with zero attached hydrogens (tertiary/aromatic N) is 1. The Kier molecular flexibility index (Phi) is 6.36. The molecule has 0 aliphatic carbocycles. The van der Waals surface area contributed by atoms with Crippen molar-refractivity contribution < 1.29 is 32.9 Å². The maximum absolute atomic E-state index is 13.7. The second-order valence-corrected chi connectivity index (χ2v) is 6.05. The minimum atomic E-state index is -0.880. The standard InChI is InChI=1S/C20H14FN3O7/c21-15-8-7-14(24(28)29)10-16(15)23-18(25)11-31-20(27)12-3-5-13(6-4-12)22-19(26)17-2-1-9-30-17/h1-10H,11H2,(H,22,26)(H,23,25). The molecule has 0 saturated heterocycles. The van der Waals surface area contributed by atoms with E-state index in [9.17, 15) is 28.9 Å². The Morgan fingerprint density at radius 3 is 2.45 bits per heavy atom. The first-order valence-corrected chi connectivity index (χ1v) is 8.69. The highest BCUT2D eigenvalue weighted by Gasteiger charge is 2.15. The normalized spacial score (nSPS) is 10.2. The van der Waals surface area contributed by atoms with E-state index in [2.05, 4.69) is 10.6 Å². The van der Waals surface area contributed by atoms with Crippen molar-refractivity contribution in [2.24, 2.45) is 0 Å². The molecule has 2 amide bonds. The molecule has 1 heterocycles. The number of non-ortho nitro benzene ring substituents is 1. The van der Waals surface area contributed by atoms with Gasteiger partial charge in [-0.25, -0.2) is 9.18 Å². The number of rotatable bonds is 7. The van der Waals surface area contributed by atoms with Gasteiger partial charge in [-0.2, -0.15) is 0 Å². The van der Waals surface area contributed by atoms with Crippen LogP contribution >= 0.6 is 0 Å². The third-order valence-corrected chi connectivity index (χ3v) is 3.89. The molecule has 2 N–H and O–H groups in total. The number of nitro groups is 1. The van der Waals surface area contributed by atoms with Crippen molar-refractivity contribution in [2.45, 2.75) is 0 Å². The molecule has 2 aromatic carbocycles. The van der Waals surface area contributed by atoms with Gasteiger partial charge in [0.1, 0.15) is 5.82 Å². The molecule has 0 aliphatic rings. The molecule has 10 nitrogen and oxygen atoms in total. The van der Waals surface area contributed by atoms with Crippen molar-refractivity contribution >= 4 is 34.8 Å². The van der Waals surface area contributed by atoms with Gasteiger partial charge in [0, 0.05) is 17.8 Å². The number of nitro benzene ring substituents is 1. The van der Waals surface area contributed by atoms with E-state index >= 15 is 0 Å². The lowest BCUT2D eigenvalue weighted by Gasteiger charge is -2.08. The van der Waals surface area contributed by atoms with Crippen molar-refractivity contribution in [2.75, 3.05) is 17.2 Å². The van der Waals surface area contributed by atoms with Gasteiger partial charge in [0.2, 0.25) is 0 Å². The zero-order valence-electron chi connectivity index (χ0n) is 15.7. The quantitative estimate of drug-likeness (QED) is 0.334. The lowest BCUT2D eigenvalue weighted by molar-refractivity contribution is -0.384. The van der Waals surface area contributed by atoms with Gasteiger partial charge in [0.15, 0.2) is 12.4 Å². The van der Waals surface area contributed by atoms with Crippen LogP contribution < -0.4 is 10.6 Å². The van der Waals surface area contributed by atoms with Gasteiger partial charge in [-0.15, -0.1) is 0 Å². The third-order valence-electron chi connectivity index (χ3n) is 3.89. The molecule has 0 fully saturated rings. The summed E-state index contributed by atoms with van der Waals surface area (Å²) < 4.78 is 23.5. The number of esters is 1. The smallest absolute Gasteiger partial charge is 0.338 e. The van der Waals surface area contributed by atoms with Crippen LogP contribution in [0.4, 0.5) is 21.5 Å². The summed E-state index contributed by atoms with van der Waals surface area (Å²) in [6.45, 7) is -0.738. The number of ether oxygens (including phenoxy) is 1. The minimum absolute atomic E-state index is 0.102. The van der Waals surface area contributed by atoms with Crippen LogP contribution in [0.5, 0.6) is 0 Å². The van der Waals surface area contributed by atoms with E-state index in [0.29, 0.717) is 5.69 Å². The summed E-state index contributed by atoms with van der Waals surface area (Å²) in [7, 11) is 0. The van der Waals surface area contributed by atoms with E-state index in [1.165, 1.54) is 36.6 Å². The number of hydrogen-bond acceptors (Lipinski definition) is 7. The van der Waals surface area contributed by atoms with Crippen LogP contribution in [-0.2, 0) is 9.53 Å². The number of halogens is 1. The molecule has 0 saturated carbocycles. The van der Waals surface area contributed by atoms with E-state index in [1.54, 1.807) is 6.07 Å². The van der Waals surface area contributed by atoms with Gasteiger partial charge in [-0.3, -0.25) is 19.7 Å². The van der Waals surface area contributed by atoms with E-state index in [4.69, 9.17) is 9.15 Å². The highest BCUT2D eigenvalue weighted by molar-refractivity contribution is 6.02. The minimum Gasteiger partial charge on any atom is -0.459 e. The van der Waals surface area contributed by atoms with Crippen molar-refractivity contribution in [3.05, 3.63) is 88.1 Å². The Hall–Kier alpha value is -4.54. The Morgan fingerprint density at radius 1 is 1.06 bits per heavy atom. The number of anilines is 2. The molecule has 0 unspecified atom stereocenters. The molecule has 3 aromatic rings. The zero-order chi connectivity index (χ0) is 22.4. The average molecular weight is 427 g/mol. The molecule has 11 heteroatoms. The number of carbonyl (C=O) groups is 3. The van der Waals surface area contributed by atoms with Crippen LogP contribution in [-0.4, -0.2) is 29.3 Å². The highest BCUT2D eigenvalue weighted by Crippen LogP contribution is 2.21. The number of benzene rings is 2. The lowest BCUT2D eigenvalue weighted by Crippen LogP contribution is -2.21. The number of hydrogen-bond donors (Lipinski definition) is 2. The van der Waals surface area contributed by atoms with Crippen LogP contribution in [0.15, 0.2) is 65.3 Å². The molecule has 1 aromatic heterocycles. The molecule has 0 aliphatic heterocycles. The van der Waals surface area contributed by atoms with E-state index in [-0.39, 0.29) is 11.3 Å². The van der Waals surface area contributed by atoms with Crippen LogP contribution in [0.2, 0.25) is 0 Å². The molecule has 0 atom stereocenters. The van der Waals surface area contributed by atoms with Crippen molar-refractivity contribution in [3.8, 4) is 0 Å². The Morgan fingerprint density at radius 2 is 1.81 bits per heavy atom. The third kappa shape index (κ3) is 5.50. The van der Waals surface area contributed by atoms with E-state index < -0.39 is 46.5 Å². The average Bonchev–Trinajstić information content (AvgIpc) is 3.29. The summed E-state index contributed by atoms with van der Waals surface area (Å²) in [6, 6.07) is 11.4. The van der Waals surface area contributed by atoms with Gasteiger partial charge in [0.25, 0.3) is 17.5 Å². The predicted molar refractivity (Wildman–Crippen MR) is 105 cm³/mol. The molecule has 3 rings (SSSR count). The molecule has 0 spiro atoms. The first-order valence-electron chi connectivity index (χ1n) is 8.69.